The number of aryl methyl sites for hydroxylation is 1. The van der Waals surface area contributed by atoms with Gasteiger partial charge in [0, 0.05) is 29.5 Å². The fraction of sp³-hybridized carbons (Fsp3) is 0.182. The predicted octanol–water partition coefficient (Wildman–Crippen LogP) is 5.46. The van der Waals surface area contributed by atoms with Crippen molar-refractivity contribution in [2.75, 3.05) is 7.05 Å². The number of hydrogen-bond donors (Lipinski definition) is 0. The molecule has 0 aliphatic rings. The molecule has 0 unspecified atom stereocenters. The van der Waals surface area contributed by atoms with Crippen molar-refractivity contribution in [2.45, 2.75) is 20.1 Å². The second kappa shape index (κ2) is 9.66. The average molecular weight is 457 g/mol. The van der Waals surface area contributed by atoms with Gasteiger partial charge in [0.05, 0.1) is 10.7 Å². The summed E-state index contributed by atoms with van der Waals surface area (Å²) in [4.78, 5) is 18.5. The van der Waals surface area contributed by atoms with Crippen LogP contribution < -0.4 is 4.74 Å². The lowest BCUT2D eigenvalue weighted by molar-refractivity contribution is -0.125. The van der Waals surface area contributed by atoms with E-state index in [0.717, 1.165) is 32.1 Å². The first-order valence-electron chi connectivity index (χ1n) is 8.81. The predicted molar refractivity (Wildman–Crippen MR) is 117 cm³/mol. The van der Waals surface area contributed by atoms with E-state index >= 15 is 0 Å². The topological polar surface area (TPSA) is 42.4 Å². The van der Waals surface area contributed by atoms with Gasteiger partial charge in [0.15, 0.2) is 0 Å². The molecule has 0 saturated carbocycles. The van der Waals surface area contributed by atoms with Gasteiger partial charge in [0.2, 0.25) is 5.91 Å². The third kappa shape index (κ3) is 6.04. The largest absolute Gasteiger partial charge is 0.487 e. The molecule has 0 aliphatic carbocycles. The van der Waals surface area contributed by atoms with Gasteiger partial charge in [-0.2, -0.15) is 0 Å². The normalized spacial score (nSPS) is 11.0. The third-order valence-electron chi connectivity index (χ3n) is 4.04. The van der Waals surface area contributed by atoms with Crippen molar-refractivity contribution in [3.8, 4) is 5.75 Å². The summed E-state index contributed by atoms with van der Waals surface area (Å²) in [6.07, 6.45) is 3.39. The summed E-state index contributed by atoms with van der Waals surface area (Å²) < 4.78 is 6.83. The van der Waals surface area contributed by atoms with Crippen molar-refractivity contribution >= 4 is 39.2 Å². The van der Waals surface area contributed by atoms with Crippen molar-refractivity contribution in [1.82, 2.24) is 9.88 Å². The zero-order valence-corrected chi connectivity index (χ0v) is 18.2. The quantitative estimate of drug-likeness (QED) is 0.442. The smallest absolute Gasteiger partial charge is 0.246 e. The minimum atomic E-state index is -0.0489. The Kier molecular flexibility index (Phi) is 7.01. The van der Waals surface area contributed by atoms with E-state index in [4.69, 9.17) is 4.74 Å². The molecule has 0 radical (unpaired) electrons. The summed E-state index contributed by atoms with van der Waals surface area (Å²) in [6.45, 7) is 2.98. The Morgan fingerprint density at radius 2 is 2.04 bits per heavy atom. The lowest BCUT2D eigenvalue weighted by Gasteiger charge is -2.15. The Morgan fingerprint density at radius 1 is 1.25 bits per heavy atom. The van der Waals surface area contributed by atoms with Crippen molar-refractivity contribution in [1.29, 1.82) is 0 Å². The molecular weight excluding hydrogens is 436 g/mol. The van der Waals surface area contributed by atoms with E-state index in [-0.39, 0.29) is 5.91 Å². The van der Waals surface area contributed by atoms with Gasteiger partial charge in [-0.3, -0.25) is 4.79 Å². The van der Waals surface area contributed by atoms with Crippen LogP contribution in [-0.4, -0.2) is 22.8 Å². The lowest BCUT2D eigenvalue weighted by Crippen LogP contribution is -2.24. The van der Waals surface area contributed by atoms with Crippen LogP contribution in [0.5, 0.6) is 5.75 Å². The maximum atomic E-state index is 12.4. The Labute approximate surface area is 177 Å². The number of rotatable bonds is 7. The average Bonchev–Trinajstić information content (AvgIpc) is 3.12. The first-order chi connectivity index (χ1) is 13.5. The van der Waals surface area contributed by atoms with Gasteiger partial charge in [-0.25, -0.2) is 4.98 Å². The number of nitrogens with zero attached hydrogens (tertiary/aromatic N) is 2. The molecule has 0 atom stereocenters. The molecule has 0 aliphatic heterocycles. The Hall–Kier alpha value is -2.44. The highest BCUT2D eigenvalue weighted by atomic mass is 79.9. The molecule has 4 nitrogen and oxygen atoms in total. The zero-order valence-electron chi connectivity index (χ0n) is 15.8. The molecule has 6 heteroatoms. The van der Waals surface area contributed by atoms with Crippen molar-refractivity contribution < 1.29 is 9.53 Å². The van der Waals surface area contributed by atoms with Crippen molar-refractivity contribution in [2.24, 2.45) is 0 Å². The zero-order chi connectivity index (χ0) is 19.9. The molecule has 3 rings (SSSR count). The highest BCUT2D eigenvalue weighted by molar-refractivity contribution is 9.10. The monoisotopic (exact) mass is 456 g/mol. The molecule has 3 aromatic rings. The van der Waals surface area contributed by atoms with E-state index in [9.17, 15) is 4.79 Å². The van der Waals surface area contributed by atoms with E-state index < -0.39 is 0 Å². The number of carbonyl (C=O) groups excluding carboxylic acids is 1. The van der Waals surface area contributed by atoms with Gasteiger partial charge >= 0.3 is 0 Å². The molecule has 1 heterocycles. The Bertz CT molecular complexity index is 967. The van der Waals surface area contributed by atoms with Crippen LogP contribution in [0.4, 0.5) is 0 Å². The van der Waals surface area contributed by atoms with E-state index in [1.165, 1.54) is 0 Å². The van der Waals surface area contributed by atoms with Gasteiger partial charge < -0.3 is 9.64 Å². The van der Waals surface area contributed by atoms with Crippen molar-refractivity contribution in [3.63, 3.8) is 0 Å². The number of aromatic nitrogens is 1. The standard InChI is InChI=1S/C22H21BrN2O2S/c1-16-24-20(15-28-16)14-27-21-5-3-4-17(12-21)8-11-22(26)25(2)13-18-6-9-19(23)10-7-18/h3-12,15H,13-14H2,1-2H3/b11-8+. The van der Waals surface area contributed by atoms with Crippen LogP contribution in [0.2, 0.25) is 0 Å². The summed E-state index contributed by atoms with van der Waals surface area (Å²) in [5.74, 6) is 0.704. The molecule has 1 amide bonds. The second-order valence-corrected chi connectivity index (χ2v) is 8.35. The SMILES string of the molecule is Cc1nc(COc2cccc(/C=C/C(=O)N(C)Cc3ccc(Br)cc3)c2)cs1. The first-order valence-corrected chi connectivity index (χ1v) is 10.5. The molecule has 0 spiro atoms. The molecule has 144 valence electrons. The van der Waals surface area contributed by atoms with E-state index in [0.29, 0.717) is 13.2 Å². The summed E-state index contributed by atoms with van der Waals surface area (Å²) in [6, 6.07) is 15.6. The Balaban J connectivity index is 1.56. The fourth-order valence-electron chi connectivity index (χ4n) is 2.58. The van der Waals surface area contributed by atoms with Gasteiger partial charge in [-0.1, -0.05) is 40.2 Å². The summed E-state index contributed by atoms with van der Waals surface area (Å²) in [5, 5.41) is 3.03. The highest BCUT2D eigenvalue weighted by Gasteiger charge is 2.06. The number of likely N-dealkylation sites (N-methyl/N-ethyl adjacent to an activating group) is 1. The molecule has 0 fully saturated rings. The third-order valence-corrected chi connectivity index (χ3v) is 5.39. The number of carbonyl (C=O) groups is 1. The van der Waals surface area contributed by atoms with Crippen LogP contribution in [0.15, 0.2) is 64.5 Å². The molecule has 2 aromatic carbocycles. The number of amides is 1. The van der Waals surface area contributed by atoms with Crippen LogP contribution in [0, 0.1) is 6.92 Å². The fourth-order valence-corrected chi connectivity index (χ4v) is 3.44. The van der Waals surface area contributed by atoms with Crippen LogP contribution in [0.3, 0.4) is 0 Å². The second-order valence-electron chi connectivity index (χ2n) is 6.37. The van der Waals surface area contributed by atoms with E-state index in [1.54, 1.807) is 35.4 Å². The molecule has 1 aromatic heterocycles. The molecule has 28 heavy (non-hydrogen) atoms. The number of ether oxygens (including phenoxy) is 1. The van der Waals surface area contributed by atoms with Crippen molar-refractivity contribution in [3.05, 3.63) is 86.3 Å². The summed E-state index contributed by atoms with van der Waals surface area (Å²) >= 11 is 5.03. The van der Waals surface area contributed by atoms with Crippen LogP contribution in [-0.2, 0) is 17.9 Å². The van der Waals surface area contributed by atoms with Crippen LogP contribution in [0.1, 0.15) is 21.8 Å². The maximum absolute atomic E-state index is 12.4. The molecule has 0 saturated heterocycles. The van der Waals surface area contributed by atoms with Gasteiger partial charge in [0.1, 0.15) is 12.4 Å². The van der Waals surface area contributed by atoms with Gasteiger partial charge in [-0.15, -0.1) is 11.3 Å². The van der Waals surface area contributed by atoms with E-state index in [1.807, 2.05) is 60.8 Å². The summed E-state index contributed by atoms with van der Waals surface area (Å²) in [7, 11) is 1.80. The number of benzene rings is 2. The van der Waals surface area contributed by atoms with E-state index in [2.05, 4.69) is 20.9 Å². The van der Waals surface area contributed by atoms with Gasteiger partial charge in [-0.05, 0) is 48.4 Å². The minimum Gasteiger partial charge on any atom is -0.487 e. The first kappa shape index (κ1) is 20.3. The summed E-state index contributed by atoms with van der Waals surface area (Å²) in [5.41, 5.74) is 2.92. The number of hydrogen-bond acceptors (Lipinski definition) is 4. The minimum absolute atomic E-state index is 0.0489. The Morgan fingerprint density at radius 3 is 2.75 bits per heavy atom. The highest BCUT2D eigenvalue weighted by Crippen LogP contribution is 2.17. The number of thiazole rings is 1. The maximum Gasteiger partial charge on any atom is 0.246 e. The number of halogens is 1. The van der Waals surface area contributed by atoms with Crippen LogP contribution >= 0.6 is 27.3 Å². The van der Waals surface area contributed by atoms with Crippen LogP contribution in [0.25, 0.3) is 6.08 Å². The molecule has 0 bridgehead atoms. The molecular formula is C22H21BrN2O2S. The molecule has 0 N–H and O–H groups in total. The van der Waals surface area contributed by atoms with Gasteiger partial charge in [0.25, 0.3) is 0 Å². The lowest BCUT2D eigenvalue weighted by atomic mass is 10.2.